The third-order valence-electron chi connectivity index (χ3n) is 2.18. The number of carbonyl (C=O) groups is 3. The van der Waals surface area contributed by atoms with E-state index in [-0.39, 0.29) is 13.2 Å². The van der Waals surface area contributed by atoms with Crippen molar-refractivity contribution in [1.29, 1.82) is 5.26 Å². The van der Waals surface area contributed by atoms with Gasteiger partial charge in [-0.1, -0.05) is 12.1 Å². The summed E-state index contributed by atoms with van der Waals surface area (Å²) >= 11 is 0. The second-order valence-electron chi connectivity index (χ2n) is 3.52. The number of carbonyl (C=O) groups excluding carboxylic acids is 3. The molecule has 0 atom stereocenters. The lowest BCUT2D eigenvalue weighted by Gasteiger charge is -2.04. The van der Waals surface area contributed by atoms with Crippen LogP contribution in [0.15, 0.2) is 24.3 Å². The van der Waals surface area contributed by atoms with E-state index >= 15 is 0 Å². The molecule has 0 radical (unpaired) electrons. The quantitative estimate of drug-likeness (QED) is 0.481. The molecule has 19 heavy (non-hydrogen) atoms. The third kappa shape index (κ3) is 4.24. The lowest BCUT2D eigenvalue weighted by Crippen LogP contribution is -2.36. The highest BCUT2D eigenvalue weighted by Crippen LogP contribution is 2.04. The number of nitriles is 1. The average Bonchev–Trinajstić information content (AvgIpc) is 2.44. The molecule has 0 bridgehead atoms. The Morgan fingerprint density at radius 2 is 2.11 bits per heavy atom. The van der Waals surface area contributed by atoms with Crippen molar-refractivity contribution in [3.8, 4) is 6.07 Å². The first-order chi connectivity index (χ1) is 9.08. The van der Waals surface area contributed by atoms with E-state index in [0.29, 0.717) is 11.1 Å². The number of amides is 1. The molecule has 1 aromatic carbocycles. The largest absolute Gasteiger partial charge is 0.459 e. The monoisotopic (exact) mass is 260 g/mol. The van der Waals surface area contributed by atoms with E-state index in [9.17, 15) is 14.4 Å². The summed E-state index contributed by atoms with van der Waals surface area (Å²) in [6.07, 6.45) is 0. The van der Waals surface area contributed by atoms with Gasteiger partial charge in [0.25, 0.3) is 0 Å². The van der Waals surface area contributed by atoms with Crippen molar-refractivity contribution >= 4 is 17.7 Å². The summed E-state index contributed by atoms with van der Waals surface area (Å²) in [4.78, 5) is 33.9. The van der Waals surface area contributed by atoms with Gasteiger partial charge in [0.2, 0.25) is 0 Å². The van der Waals surface area contributed by atoms with Gasteiger partial charge in [-0.05, 0) is 19.1 Å². The maximum atomic E-state index is 11.7. The predicted octanol–water partition coefficient (Wildman–Crippen LogP) is 0.420. The van der Waals surface area contributed by atoms with Crippen LogP contribution in [0.4, 0.5) is 0 Å². The van der Waals surface area contributed by atoms with Crippen LogP contribution in [0.5, 0.6) is 0 Å². The van der Waals surface area contributed by atoms with Crippen LogP contribution in [0.1, 0.15) is 22.8 Å². The van der Waals surface area contributed by atoms with Crippen LogP contribution in [0.2, 0.25) is 0 Å². The zero-order chi connectivity index (χ0) is 14.3. The minimum Gasteiger partial charge on any atom is -0.459 e. The van der Waals surface area contributed by atoms with Gasteiger partial charge in [0.05, 0.1) is 24.8 Å². The van der Waals surface area contributed by atoms with Gasteiger partial charge in [-0.25, -0.2) is 4.79 Å². The molecule has 0 saturated carbocycles. The van der Waals surface area contributed by atoms with E-state index in [1.54, 1.807) is 19.1 Å². The maximum absolute atomic E-state index is 11.7. The average molecular weight is 260 g/mol. The van der Waals surface area contributed by atoms with E-state index in [0.717, 1.165) is 0 Å². The molecule has 6 nitrogen and oxygen atoms in total. The van der Waals surface area contributed by atoms with Gasteiger partial charge in [-0.3, -0.25) is 9.59 Å². The van der Waals surface area contributed by atoms with Crippen molar-refractivity contribution in [2.75, 3.05) is 13.2 Å². The third-order valence-corrected chi connectivity index (χ3v) is 2.18. The van der Waals surface area contributed by atoms with Crippen LogP contribution in [-0.2, 0) is 14.3 Å². The Balaban J connectivity index is 2.58. The normalized spacial score (nSPS) is 9.26. The van der Waals surface area contributed by atoms with Gasteiger partial charge in [0.15, 0.2) is 5.78 Å². The molecule has 0 unspecified atom stereocenters. The first-order valence-corrected chi connectivity index (χ1v) is 5.56. The Labute approximate surface area is 110 Å². The van der Waals surface area contributed by atoms with Gasteiger partial charge in [-0.15, -0.1) is 0 Å². The highest BCUT2D eigenvalue weighted by Gasteiger charge is 2.16. The van der Waals surface area contributed by atoms with Gasteiger partial charge >= 0.3 is 11.9 Å². The van der Waals surface area contributed by atoms with Gasteiger partial charge in [-0.2, -0.15) is 5.26 Å². The fraction of sp³-hybridized carbons (Fsp3) is 0.231. The van der Waals surface area contributed by atoms with E-state index in [4.69, 9.17) is 5.26 Å². The van der Waals surface area contributed by atoms with Crippen molar-refractivity contribution in [1.82, 2.24) is 5.32 Å². The lowest BCUT2D eigenvalue weighted by atomic mass is 10.1. The molecular formula is C13H12N2O4. The molecule has 1 aromatic rings. The molecule has 0 spiro atoms. The van der Waals surface area contributed by atoms with Crippen LogP contribution >= 0.6 is 0 Å². The summed E-state index contributed by atoms with van der Waals surface area (Å²) in [6, 6.07) is 7.98. The molecule has 6 heteroatoms. The standard InChI is InChI=1S/C13H12N2O4/c1-2-19-13(18)12(17)15-8-11(16)10-5-3-4-9(6-10)7-14/h3-6H,2,8H2,1H3,(H,15,17). The second-order valence-corrected chi connectivity index (χ2v) is 3.52. The topological polar surface area (TPSA) is 96.3 Å². The zero-order valence-corrected chi connectivity index (χ0v) is 10.3. The molecular weight excluding hydrogens is 248 g/mol. The molecule has 0 fully saturated rings. The van der Waals surface area contributed by atoms with Crippen LogP contribution in [0.3, 0.4) is 0 Å². The smallest absolute Gasteiger partial charge is 0.396 e. The summed E-state index contributed by atoms with van der Waals surface area (Å²) in [5.74, 6) is -2.39. The fourth-order valence-corrected chi connectivity index (χ4v) is 1.29. The number of Topliss-reactive ketones (excluding diaryl/α,β-unsaturated/α-hetero) is 1. The van der Waals surface area contributed by atoms with Crippen LogP contribution in [-0.4, -0.2) is 30.8 Å². The molecule has 1 rings (SSSR count). The molecule has 0 heterocycles. The van der Waals surface area contributed by atoms with Crippen molar-refractivity contribution < 1.29 is 19.1 Å². The molecule has 98 valence electrons. The summed E-state index contributed by atoms with van der Waals surface area (Å²) in [6.45, 7) is 1.33. The zero-order valence-electron chi connectivity index (χ0n) is 10.3. The maximum Gasteiger partial charge on any atom is 0.396 e. The number of rotatable bonds is 4. The van der Waals surface area contributed by atoms with Gasteiger partial charge in [0.1, 0.15) is 0 Å². The molecule has 1 amide bonds. The Kier molecular flexibility index (Phi) is 5.23. The minimum atomic E-state index is -1.03. The van der Waals surface area contributed by atoms with Crippen molar-refractivity contribution in [2.24, 2.45) is 0 Å². The fourth-order valence-electron chi connectivity index (χ4n) is 1.29. The van der Waals surface area contributed by atoms with Gasteiger partial charge < -0.3 is 10.1 Å². The minimum absolute atomic E-state index is 0.0877. The summed E-state index contributed by atoms with van der Waals surface area (Å²) in [5.41, 5.74) is 0.644. The number of ketones is 1. The van der Waals surface area contributed by atoms with E-state index in [2.05, 4.69) is 10.1 Å². The van der Waals surface area contributed by atoms with Crippen LogP contribution in [0.25, 0.3) is 0 Å². The SMILES string of the molecule is CCOC(=O)C(=O)NCC(=O)c1cccc(C#N)c1. The molecule has 1 N–H and O–H groups in total. The second kappa shape index (κ2) is 6.91. The molecule has 0 aromatic heterocycles. The number of nitrogens with one attached hydrogen (secondary N) is 1. The van der Waals surface area contributed by atoms with Gasteiger partial charge in [0, 0.05) is 5.56 Å². The molecule has 0 aliphatic rings. The van der Waals surface area contributed by atoms with Crippen molar-refractivity contribution in [2.45, 2.75) is 6.92 Å². The first-order valence-electron chi connectivity index (χ1n) is 5.56. The lowest BCUT2D eigenvalue weighted by molar-refractivity contribution is -0.154. The number of ether oxygens (including phenoxy) is 1. The number of hydrogen-bond acceptors (Lipinski definition) is 5. The summed E-state index contributed by atoms with van der Waals surface area (Å²) < 4.78 is 4.47. The number of esters is 1. The number of benzene rings is 1. The van der Waals surface area contributed by atoms with E-state index in [1.165, 1.54) is 12.1 Å². The highest BCUT2D eigenvalue weighted by atomic mass is 16.5. The Morgan fingerprint density at radius 3 is 2.74 bits per heavy atom. The molecule has 0 aliphatic carbocycles. The van der Waals surface area contributed by atoms with Crippen molar-refractivity contribution in [3.05, 3.63) is 35.4 Å². The Bertz CT molecular complexity index is 546. The number of hydrogen-bond donors (Lipinski definition) is 1. The van der Waals surface area contributed by atoms with E-state index < -0.39 is 17.7 Å². The van der Waals surface area contributed by atoms with Crippen LogP contribution < -0.4 is 5.32 Å². The first kappa shape index (κ1) is 14.4. The summed E-state index contributed by atoms with van der Waals surface area (Å²) in [7, 11) is 0. The summed E-state index contributed by atoms with van der Waals surface area (Å²) in [5, 5.41) is 10.9. The predicted molar refractivity (Wildman–Crippen MR) is 65.1 cm³/mol. The van der Waals surface area contributed by atoms with Crippen LogP contribution in [0, 0.1) is 11.3 Å². The Hall–Kier alpha value is -2.68. The van der Waals surface area contributed by atoms with E-state index in [1.807, 2.05) is 6.07 Å². The Morgan fingerprint density at radius 1 is 1.37 bits per heavy atom. The van der Waals surface area contributed by atoms with Crippen molar-refractivity contribution in [3.63, 3.8) is 0 Å². The number of nitrogens with zero attached hydrogens (tertiary/aromatic N) is 1. The molecule has 0 aliphatic heterocycles. The highest BCUT2D eigenvalue weighted by molar-refractivity contribution is 6.32. The molecule has 0 saturated heterocycles.